The van der Waals surface area contributed by atoms with Crippen LogP contribution in [0, 0.1) is 0 Å². The van der Waals surface area contributed by atoms with Gasteiger partial charge in [-0.15, -0.1) is 17.9 Å². The first kappa shape index (κ1) is 17.1. The van der Waals surface area contributed by atoms with E-state index in [1.54, 1.807) is 35.7 Å². The molecule has 0 amide bonds. The second kappa shape index (κ2) is 7.91. The molecule has 0 saturated heterocycles. The first-order valence-electron chi connectivity index (χ1n) is 7.21. The number of nitrogens with zero attached hydrogens (tertiary/aromatic N) is 3. The average molecular weight is 377 g/mol. The zero-order valence-electron chi connectivity index (χ0n) is 12.9. The van der Waals surface area contributed by atoms with Gasteiger partial charge in [0.15, 0.2) is 17.4 Å². The normalized spacial score (nSPS) is 10.4. The second-order valence-electron chi connectivity index (χ2n) is 4.80. The van der Waals surface area contributed by atoms with Crippen LogP contribution in [0.3, 0.4) is 0 Å². The molecule has 0 unspecified atom stereocenters. The zero-order chi connectivity index (χ0) is 17.6. The summed E-state index contributed by atoms with van der Waals surface area (Å²) in [4.78, 5) is 20.3. The number of ether oxygens (including phenoxy) is 1. The molecule has 0 spiro atoms. The van der Waals surface area contributed by atoms with Crippen molar-refractivity contribution in [2.75, 3.05) is 11.9 Å². The van der Waals surface area contributed by atoms with Crippen LogP contribution in [0.25, 0.3) is 11.4 Å². The summed E-state index contributed by atoms with van der Waals surface area (Å²) in [5.74, 6) is 0.0277. The average Bonchev–Trinajstić information content (AvgIpc) is 3.28. The number of benzene rings is 1. The molecule has 0 atom stereocenters. The van der Waals surface area contributed by atoms with E-state index in [-0.39, 0.29) is 18.2 Å². The minimum absolute atomic E-state index is 0.133. The minimum Gasteiger partial charge on any atom is -0.451 e. The maximum absolute atomic E-state index is 12.0. The summed E-state index contributed by atoms with van der Waals surface area (Å²) in [6.07, 6.45) is 1.70. The van der Waals surface area contributed by atoms with Crippen molar-refractivity contribution < 1.29 is 14.1 Å². The summed E-state index contributed by atoms with van der Waals surface area (Å²) >= 11 is 7.15. The van der Waals surface area contributed by atoms with Crippen LogP contribution >= 0.6 is 22.9 Å². The van der Waals surface area contributed by atoms with Gasteiger partial charge in [-0.1, -0.05) is 22.8 Å². The molecule has 2 heterocycles. The molecule has 0 aliphatic carbocycles. The van der Waals surface area contributed by atoms with Crippen LogP contribution in [0.1, 0.15) is 16.4 Å². The summed E-state index contributed by atoms with van der Waals surface area (Å²) in [7, 11) is 0. The van der Waals surface area contributed by atoms with E-state index in [0.29, 0.717) is 22.5 Å². The molecular weight excluding hydrogens is 364 g/mol. The van der Waals surface area contributed by atoms with Crippen molar-refractivity contribution in [1.29, 1.82) is 0 Å². The van der Waals surface area contributed by atoms with Crippen molar-refractivity contribution in [3.63, 3.8) is 0 Å². The van der Waals surface area contributed by atoms with Gasteiger partial charge in [0, 0.05) is 22.5 Å². The molecule has 3 aromatic rings. The summed E-state index contributed by atoms with van der Waals surface area (Å²) in [5.41, 5.74) is 0.970. The van der Waals surface area contributed by atoms with E-state index < -0.39 is 5.97 Å². The first-order chi connectivity index (χ1) is 12.2. The maximum Gasteiger partial charge on any atom is 0.358 e. The highest BCUT2D eigenvalue weighted by Gasteiger charge is 2.15. The van der Waals surface area contributed by atoms with Crippen LogP contribution < -0.4 is 5.32 Å². The van der Waals surface area contributed by atoms with Gasteiger partial charge in [-0.05, 0) is 24.3 Å². The van der Waals surface area contributed by atoms with Gasteiger partial charge < -0.3 is 14.6 Å². The van der Waals surface area contributed by atoms with E-state index >= 15 is 0 Å². The highest BCUT2D eigenvalue weighted by atomic mass is 35.5. The van der Waals surface area contributed by atoms with Crippen LogP contribution in [-0.4, -0.2) is 27.6 Å². The number of aromatic nitrogens is 3. The Morgan fingerprint density at radius 2 is 2.16 bits per heavy atom. The van der Waals surface area contributed by atoms with Crippen molar-refractivity contribution >= 4 is 34.0 Å². The van der Waals surface area contributed by atoms with Gasteiger partial charge in [0.1, 0.15) is 0 Å². The summed E-state index contributed by atoms with van der Waals surface area (Å²) in [6.45, 7) is 4.04. The molecule has 128 valence electrons. The van der Waals surface area contributed by atoms with E-state index in [2.05, 4.69) is 27.0 Å². The Hall–Kier alpha value is -2.71. The smallest absolute Gasteiger partial charge is 0.358 e. The predicted octanol–water partition coefficient (Wildman–Crippen LogP) is 3.80. The van der Waals surface area contributed by atoms with Gasteiger partial charge in [-0.25, -0.2) is 9.78 Å². The second-order valence-corrected chi connectivity index (χ2v) is 6.10. The number of nitrogens with one attached hydrogen (secondary N) is 1. The van der Waals surface area contributed by atoms with Crippen molar-refractivity contribution in [2.24, 2.45) is 0 Å². The zero-order valence-corrected chi connectivity index (χ0v) is 14.5. The van der Waals surface area contributed by atoms with Crippen LogP contribution in [0.15, 0.2) is 46.8 Å². The standard InChI is InChI=1S/C16H13ClN4O3S/c1-2-7-18-16-19-12(9-25-16)15(22)23-8-13-20-14(21-24-13)10-3-5-11(17)6-4-10/h2-6,9H,1,7-8H2,(H,18,19). The maximum atomic E-state index is 12.0. The Morgan fingerprint density at radius 3 is 2.92 bits per heavy atom. The summed E-state index contributed by atoms with van der Waals surface area (Å²) in [6, 6.07) is 7.01. The number of carbonyl (C=O) groups excluding carboxylic acids is 1. The number of hydrogen-bond acceptors (Lipinski definition) is 8. The lowest BCUT2D eigenvalue weighted by molar-refractivity contribution is 0.0424. The Morgan fingerprint density at radius 1 is 1.36 bits per heavy atom. The molecule has 2 aromatic heterocycles. The molecule has 0 radical (unpaired) electrons. The minimum atomic E-state index is -0.561. The number of anilines is 1. The quantitative estimate of drug-likeness (QED) is 0.495. The lowest BCUT2D eigenvalue weighted by Gasteiger charge is -1.98. The molecule has 25 heavy (non-hydrogen) atoms. The highest BCUT2D eigenvalue weighted by Crippen LogP contribution is 2.19. The van der Waals surface area contributed by atoms with Gasteiger partial charge in [0.2, 0.25) is 5.82 Å². The molecule has 0 bridgehead atoms. The number of rotatable bonds is 7. The number of thiazole rings is 1. The fourth-order valence-corrected chi connectivity index (χ4v) is 2.65. The third kappa shape index (κ3) is 4.43. The van der Waals surface area contributed by atoms with Gasteiger partial charge in [0.25, 0.3) is 5.89 Å². The first-order valence-corrected chi connectivity index (χ1v) is 8.47. The third-order valence-electron chi connectivity index (χ3n) is 3.01. The fraction of sp³-hybridized carbons (Fsp3) is 0.125. The predicted molar refractivity (Wildman–Crippen MR) is 94.7 cm³/mol. The fourth-order valence-electron chi connectivity index (χ4n) is 1.84. The summed E-state index contributed by atoms with van der Waals surface area (Å²) in [5, 5.41) is 9.70. The number of halogens is 1. The number of esters is 1. The molecule has 9 heteroatoms. The van der Waals surface area contributed by atoms with E-state index in [0.717, 1.165) is 5.56 Å². The molecule has 1 N–H and O–H groups in total. The molecule has 0 fully saturated rings. The summed E-state index contributed by atoms with van der Waals surface area (Å²) < 4.78 is 10.2. The topological polar surface area (TPSA) is 90.1 Å². The van der Waals surface area contributed by atoms with Gasteiger partial charge >= 0.3 is 5.97 Å². The van der Waals surface area contributed by atoms with Crippen LogP contribution in [0.2, 0.25) is 5.02 Å². The van der Waals surface area contributed by atoms with Crippen molar-refractivity contribution in [1.82, 2.24) is 15.1 Å². The monoisotopic (exact) mass is 376 g/mol. The molecule has 0 aliphatic heterocycles. The van der Waals surface area contributed by atoms with E-state index in [9.17, 15) is 4.79 Å². The van der Waals surface area contributed by atoms with Crippen molar-refractivity contribution in [2.45, 2.75) is 6.61 Å². The third-order valence-corrected chi connectivity index (χ3v) is 4.06. The molecule has 3 rings (SSSR count). The van der Waals surface area contributed by atoms with Gasteiger partial charge in [-0.3, -0.25) is 0 Å². The lowest BCUT2D eigenvalue weighted by atomic mass is 10.2. The van der Waals surface area contributed by atoms with Crippen molar-refractivity contribution in [3.05, 3.63) is 58.9 Å². The molecule has 7 nitrogen and oxygen atoms in total. The largest absolute Gasteiger partial charge is 0.451 e. The Balaban J connectivity index is 1.58. The van der Waals surface area contributed by atoms with Crippen LogP contribution in [-0.2, 0) is 11.3 Å². The van der Waals surface area contributed by atoms with Crippen LogP contribution in [0.5, 0.6) is 0 Å². The number of carbonyl (C=O) groups is 1. The Bertz CT molecular complexity index is 876. The van der Waals surface area contributed by atoms with Gasteiger partial charge in [0.05, 0.1) is 0 Å². The van der Waals surface area contributed by atoms with E-state index in [1.165, 1.54) is 11.3 Å². The SMILES string of the molecule is C=CCNc1nc(C(=O)OCc2nc(-c3ccc(Cl)cc3)no2)cs1. The molecule has 0 aliphatic rings. The van der Waals surface area contributed by atoms with E-state index in [4.69, 9.17) is 20.9 Å². The lowest BCUT2D eigenvalue weighted by Crippen LogP contribution is -2.06. The Kier molecular flexibility index (Phi) is 5.42. The molecular formula is C16H13ClN4O3S. The van der Waals surface area contributed by atoms with Crippen LogP contribution in [0.4, 0.5) is 5.13 Å². The van der Waals surface area contributed by atoms with Gasteiger partial charge in [-0.2, -0.15) is 4.98 Å². The van der Waals surface area contributed by atoms with E-state index in [1.807, 2.05) is 0 Å². The van der Waals surface area contributed by atoms with Crippen molar-refractivity contribution in [3.8, 4) is 11.4 Å². The Labute approximate surface area is 152 Å². The molecule has 0 saturated carbocycles. The highest BCUT2D eigenvalue weighted by molar-refractivity contribution is 7.13. The molecule has 1 aromatic carbocycles. The number of hydrogen-bond donors (Lipinski definition) is 1.